The van der Waals surface area contributed by atoms with E-state index in [1.54, 1.807) is 12.3 Å². The maximum atomic E-state index is 11.5. The number of nitrogens with one attached hydrogen (secondary N) is 3. The Morgan fingerprint density at radius 3 is 3.24 bits per heavy atom. The van der Waals surface area contributed by atoms with E-state index in [9.17, 15) is 4.79 Å². The monoisotopic (exact) mass is 236 g/mol. The fourth-order valence-corrected chi connectivity index (χ4v) is 1.49. The van der Waals surface area contributed by atoms with E-state index in [0.29, 0.717) is 18.5 Å². The molecule has 17 heavy (non-hydrogen) atoms. The summed E-state index contributed by atoms with van der Waals surface area (Å²) in [4.78, 5) is 15.7. The molecule has 1 amide bonds. The van der Waals surface area contributed by atoms with Crippen LogP contribution in [0.25, 0.3) is 0 Å². The maximum Gasteiger partial charge on any atom is 0.239 e. The molecule has 0 aromatic carbocycles. The topological polar surface area (TPSA) is 78.7 Å². The fourth-order valence-electron chi connectivity index (χ4n) is 1.49. The van der Waals surface area contributed by atoms with Gasteiger partial charge >= 0.3 is 0 Å². The van der Waals surface area contributed by atoms with Crippen LogP contribution >= 0.6 is 0 Å². The number of guanidine groups is 1. The molecule has 0 spiro atoms. The van der Waals surface area contributed by atoms with Crippen molar-refractivity contribution in [3.05, 3.63) is 24.2 Å². The van der Waals surface area contributed by atoms with Crippen LogP contribution in [0.15, 0.2) is 27.8 Å². The van der Waals surface area contributed by atoms with Crippen LogP contribution < -0.4 is 16.0 Å². The van der Waals surface area contributed by atoms with Crippen LogP contribution in [0.1, 0.15) is 12.7 Å². The van der Waals surface area contributed by atoms with E-state index in [4.69, 9.17) is 4.42 Å². The Bertz CT molecular complexity index is 400. The molecule has 0 bridgehead atoms. The molecule has 92 valence electrons. The lowest BCUT2D eigenvalue weighted by Gasteiger charge is -2.08. The van der Waals surface area contributed by atoms with Crippen molar-refractivity contribution in [3.63, 3.8) is 0 Å². The summed E-state index contributed by atoms with van der Waals surface area (Å²) < 4.78 is 5.10. The van der Waals surface area contributed by atoms with Gasteiger partial charge in [0.1, 0.15) is 5.76 Å². The zero-order chi connectivity index (χ0) is 12.1. The van der Waals surface area contributed by atoms with Gasteiger partial charge in [-0.25, -0.2) is 0 Å². The molecule has 0 aliphatic carbocycles. The van der Waals surface area contributed by atoms with Gasteiger partial charge in [0.05, 0.1) is 25.9 Å². The van der Waals surface area contributed by atoms with Crippen molar-refractivity contribution in [1.82, 2.24) is 16.0 Å². The Morgan fingerprint density at radius 1 is 1.71 bits per heavy atom. The summed E-state index contributed by atoms with van der Waals surface area (Å²) in [6.07, 6.45) is 1.58. The molecule has 6 heteroatoms. The number of carbonyl (C=O) groups excluding carboxylic acids is 1. The first-order valence-corrected chi connectivity index (χ1v) is 5.58. The van der Waals surface area contributed by atoms with E-state index in [2.05, 4.69) is 20.9 Å². The number of nitrogens with zero attached hydrogens (tertiary/aromatic N) is 1. The number of amides is 1. The lowest BCUT2D eigenvalue weighted by atomic mass is 10.4. The molecule has 1 atom stereocenters. The predicted molar refractivity (Wildman–Crippen MR) is 63.5 cm³/mol. The fraction of sp³-hybridized carbons (Fsp3) is 0.455. The Hall–Kier alpha value is -1.98. The van der Waals surface area contributed by atoms with E-state index in [-0.39, 0.29) is 12.5 Å². The summed E-state index contributed by atoms with van der Waals surface area (Å²) in [5.41, 5.74) is 0. The van der Waals surface area contributed by atoms with Gasteiger partial charge < -0.3 is 20.4 Å². The largest absolute Gasteiger partial charge is 0.467 e. The van der Waals surface area contributed by atoms with Crippen LogP contribution in [-0.2, 0) is 11.3 Å². The quantitative estimate of drug-likeness (QED) is 0.678. The molecular formula is C11H16N4O2. The highest BCUT2D eigenvalue weighted by Gasteiger charge is 2.12. The average molecular weight is 236 g/mol. The SMILES string of the molecule is CC1CN=C(NCC(=O)NCc2ccco2)N1. The molecule has 1 aliphatic rings. The van der Waals surface area contributed by atoms with Crippen LogP contribution in [-0.4, -0.2) is 31.0 Å². The molecule has 3 N–H and O–H groups in total. The minimum Gasteiger partial charge on any atom is -0.467 e. The lowest BCUT2D eigenvalue weighted by molar-refractivity contribution is -0.120. The number of hydrogen-bond acceptors (Lipinski definition) is 5. The summed E-state index contributed by atoms with van der Waals surface area (Å²) in [7, 11) is 0. The predicted octanol–water partition coefficient (Wildman–Crippen LogP) is -0.167. The van der Waals surface area contributed by atoms with Gasteiger partial charge in [-0.3, -0.25) is 9.79 Å². The van der Waals surface area contributed by atoms with Crippen LogP contribution in [0.5, 0.6) is 0 Å². The first-order valence-electron chi connectivity index (χ1n) is 5.58. The van der Waals surface area contributed by atoms with Crippen LogP contribution in [0.3, 0.4) is 0 Å². The van der Waals surface area contributed by atoms with Crippen molar-refractivity contribution in [2.45, 2.75) is 19.5 Å². The van der Waals surface area contributed by atoms with E-state index >= 15 is 0 Å². The standard InChI is InChI=1S/C11H16N4O2/c1-8-5-13-11(15-8)14-7-10(16)12-6-9-3-2-4-17-9/h2-4,8H,5-7H2,1H3,(H,12,16)(H2,13,14,15). The molecule has 6 nitrogen and oxygen atoms in total. The summed E-state index contributed by atoms with van der Waals surface area (Å²) >= 11 is 0. The zero-order valence-corrected chi connectivity index (χ0v) is 9.69. The normalized spacial score (nSPS) is 18.4. The first-order chi connectivity index (χ1) is 8.24. The average Bonchev–Trinajstić information content (AvgIpc) is 2.95. The van der Waals surface area contributed by atoms with E-state index in [1.165, 1.54) is 0 Å². The first kappa shape index (κ1) is 11.5. The van der Waals surface area contributed by atoms with Crippen molar-refractivity contribution < 1.29 is 9.21 Å². The number of rotatable bonds is 4. The smallest absolute Gasteiger partial charge is 0.239 e. The minimum absolute atomic E-state index is 0.0922. The molecule has 2 rings (SSSR count). The number of hydrogen-bond donors (Lipinski definition) is 3. The number of carbonyl (C=O) groups is 1. The molecule has 0 saturated heterocycles. The van der Waals surface area contributed by atoms with E-state index in [1.807, 2.05) is 13.0 Å². The van der Waals surface area contributed by atoms with Gasteiger partial charge in [-0.2, -0.15) is 0 Å². The third-order valence-electron chi connectivity index (χ3n) is 2.36. The second-order valence-corrected chi connectivity index (χ2v) is 3.94. The summed E-state index contributed by atoms with van der Waals surface area (Å²) in [6, 6.07) is 3.94. The lowest BCUT2D eigenvalue weighted by Crippen LogP contribution is -2.42. The molecule has 1 aliphatic heterocycles. The van der Waals surface area contributed by atoms with Gasteiger partial charge in [0.15, 0.2) is 5.96 Å². The number of aliphatic imine (C=N–C) groups is 1. The highest BCUT2D eigenvalue weighted by Crippen LogP contribution is 1.98. The van der Waals surface area contributed by atoms with E-state index in [0.717, 1.165) is 12.3 Å². The van der Waals surface area contributed by atoms with Gasteiger partial charge in [-0.15, -0.1) is 0 Å². The van der Waals surface area contributed by atoms with E-state index < -0.39 is 0 Å². The second kappa shape index (κ2) is 5.38. The van der Waals surface area contributed by atoms with Crippen molar-refractivity contribution >= 4 is 11.9 Å². The van der Waals surface area contributed by atoms with Crippen molar-refractivity contribution in [2.75, 3.05) is 13.1 Å². The summed E-state index contributed by atoms with van der Waals surface area (Å²) in [5, 5.41) is 8.80. The van der Waals surface area contributed by atoms with Gasteiger partial charge in [0.25, 0.3) is 0 Å². The Kier molecular flexibility index (Phi) is 3.64. The molecule has 1 unspecified atom stereocenters. The Labute approximate surface area is 99.5 Å². The zero-order valence-electron chi connectivity index (χ0n) is 9.69. The van der Waals surface area contributed by atoms with Gasteiger partial charge in [-0.1, -0.05) is 0 Å². The Morgan fingerprint density at radius 2 is 2.59 bits per heavy atom. The van der Waals surface area contributed by atoms with Crippen LogP contribution in [0, 0.1) is 0 Å². The van der Waals surface area contributed by atoms with Gasteiger partial charge in [0.2, 0.25) is 5.91 Å². The van der Waals surface area contributed by atoms with Crippen molar-refractivity contribution in [1.29, 1.82) is 0 Å². The molecular weight excluding hydrogens is 220 g/mol. The maximum absolute atomic E-state index is 11.5. The molecule has 1 aromatic rings. The summed E-state index contributed by atoms with van der Waals surface area (Å²) in [5.74, 6) is 1.33. The third-order valence-corrected chi connectivity index (χ3v) is 2.36. The molecule has 2 heterocycles. The highest BCUT2D eigenvalue weighted by atomic mass is 16.3. The molecule has 0 fully saturated rings. The molecule has 1 aromatic heterocycles. The number of furan rings is 1. The second-order valence-electron chi connectivity index (χ2n) is 3.94. The highest BCUT2D eigenvalue weighted by molar-refractivity contribution is 5.87. The van der Waals surface area contributed by atoms with Crippen molar-refractivity contribution in [2.24, 2.45) is 4.99 Å². The third kappa shape index (κ3) is 3.51. The van der Waals surface area contributed by atoms with Crippen molar-refractivity contribution in [3.8, 4) is 0 Å². The Balaban J connectivity index is 1.64. The molecule has 0 radical (unpaired) electrons. The van der Waals surface area contributed by atoms with Gasteiger partial charge in [-0.05, 0) is 19.1 Å². The molecule has 0 saturated carbocycles. The van der Waals surface area contributed by atoms with Crippen LogP contribution in [0.2, 0.25) is 0 Å². The van der Waals surface area contributed by atoms with Crippen LogP contribution in [0.4, 0.5) is 0 Å². The summed E-state index contributed by atoms with van der Waals surface area (Å²) in [6.45, 7) is 3.40. The minimum atomic E-state index is -0.0922. The van der Waals surface area contributed by atoms with Gasteiger partial charge in [0, 0.05) is 6.04 Å².